The van der Waals surface area contributed by atoms with E-state index < -0.39 is 29.7 Å². The molecule has 0 radical (unpaired) electrons. The Bertz CT molecular complexity index is 844. The summed E-state index contributed by atoms with van der Waals surface area (Å²) in [6.45, 7) is 0.196. The number of rotatable bonds is 4. The zero-order valence-corrected chi connectivity index (χ0v) is 15.4. The van der Waals surface area contributed by atoms with Gasteiger partial charge in [0.05, 0.1) is 11.1 Å². The van der Waals surface area contributed by atoms with Crippen molar-refractivity contribution in [1.82, 2.24) is 10.2 Å². The molecule has 4 amide bonds. The number of nitrogens with zero attached hydrogens (tertiary/aromatic N) is 1. The van der Waals surface area contributed by atoms with Crippen molar-refractivity contribution in [2.24, 2.45) is 5.92 Å². The summed E-state index contributed by atoms with van der Waals surface area (Å²) in [6.07, 6.45) is 3.84. The second-order valence-electron chi connectivity index (χ2n) is 7.72. The molecule has 2 fully saturated rings. The third kappa shape index (κ3) is 3.17. The van der Waals surface area contributed by atoms with Crippen LogP contribution in [0.15, 0.2) is 18.2 Å². The zero-order chi connectivity index (χ0) is 19.8. The molecule has 2 heterocycles. The quantitative estimate of drug-likeness (QED) is 0.667. The highest BCUT2D eigenvalue weighted by atomic mass is 16.3. The highest BCUT2D eigenvalue weighted by molar-refractivity contribution is 6.25. The normalized spacial score (nSPS) is 27.6. The van der Waals surface area contributed by atoms with E-state index in [0.29, 0.717) is 17.2 Å². The van der Waals surface area contributed by atoms with Crippen LogP contribution in [-0.4, -0.2) is 52.3 Å². The Labute approximate surface area is 162 Å². The first-order valence-electron chi connectivity index (χ1n) is 9.71. The average Bonchev–Trinajstić information content (AvgIpc) is 2.94. The second-order valence-corrected chi connectivity index (χ2v) is 7.72. The molecular weight excluding hydrogens is 362 g/mol. The number of hydrogen-bond donors (Lipinski definition) is 3. The van der Waals surface area contributed by atoms with Crippen LogP contribution in [0.5, 0.6) is 0 Å². The predicted octanol–water partition coefficient (Wildman–Crippen LogP) is 1.05. The Hall–Kier alpha value is -2.74. The minimum absolute atomic E-state index is 0.100. The Morgan fingerprint density at radius 2 is 1.79 bits per heavy atom. The number of benzene rings is 1. The third-order valence-corrected chi connectivity index (χ3v) is 5.93. The number of amides is 4. The molecule has 8 nitrogen and oxygen atoms in total. The number of hydrogen-bond acceptors (Lipinski definition) is 6. The molecule has 1 unspecified atom stereocenters. The van der Waals surface area contributed by atoms with Crippen molar-refractivity contribution in [2.45, 2.75) is 50.6 Å². The van der Waals surface area contributed by atoms with Gasteiger partial charge in [0.1, 0.15) is 6.04 Å². The van der Waals surface area contributed by atoms with Gasteiger partial charge in [-0.05, 0) is 50.2 Å². The number of imide groups is 2. The van der Waals surface area contributed by atoms with E-state index in [1.54, 1.807) is 18.2 Å². The van der Waals surface area contributed by atoms with Crippen LogP contribution in [0.2, 0.25) is 0 Å². The lowest BCUT2D eigenvalue weighted by Gasteiger charge is -2.29. The Balaban J connectivity index is 1.56. The number of piperidine rings is 1. The minimum Gasteiger partial charge on any atom is -0.396 e. The van der Waals surface area contributed by atoms with Gasteiger partial charge in [-0.1, -0.05) is 6.07 Å². The second kappa shape index (κ2) is 7.35. The molecule has 148 valence electrons. The van der Waals surface area contributed by atoms with E-state index in [1.807, 2.05) is 0 Å². The van der Waals surface area contributed by atoms with E-state index in [0.717, 1.165) is 30.6 Å². The summed E-state index contributed by atoms with van der Waals surface area (Å²) in [4.78, 5) is 50.5. The van der Waals surface area contributed by atoms with Crippen molar-refractivity contribution in [3.8, 4) is 0 Å². The molecule has 0 spiro atoms. The maximum absolute atomic E-state index is 13.1. The monoisotopic (exact) mass is 385 g/mol. The summed E-state index contributed by atoms with van der Waals surface area (Å²) in [5, 5.41) is 14.9. The van der Waals surface area contributed by atoms with Crippen molar-refractivity contribution in [3.63, 3.8) is 0 Å². The molecule has 28 heavy (non-hydrogen) atoms. The summed E-state index contributed by atoms with van der Waals surface area (Å²) in [5.74, 6) is -1.67. The van der Waals surface area contributed by atoms with Crippen molar-refractivity contribution < 1.29 is 24.3 Å². The maximum atomic E-state index is 13.1. The van der Waals surface area contributed by atoms with Crippen LogP contribution >= 0.6 is 0 Å². The van der Waals surface area contributed by atoms with Gasteiger partial charge in [0.15, 0.2) is 0 Å². The van der Waals surface area contributed by atoms with Crippen LogP contribution in [0.3, 0.4) is 0 Å². The Morgan fingerprint density at radius 3 is 2.46 bits per heavy atom. The fraction of sp³-hybridized carbons (Fsp3) is 0.500. The Kier molecular flexibility index (Phi) is 4.89. The van der Waals surface area contributed by atoms with E-state index >= 15 is 0 Å². The lowest BCUT2D eigenvalue weighted by Crippen LogP contribution is -2.54. The summed E-state index contributed by atoms with van der Waals surface area (Å²) in [5.41, 5.74) is 1.17. The molecule has 1 aromatic rings. The molecule has 3 N–H and O–H groups in total. The van der Waals surface area contributed by atoms with Crippen LogP contribution in [0.1, 0.15) is 59.2 Å². The lowest BCUT2D eigenvalue weighted by atomic mass is 9.86. The van der Waals surface area contributed by atoms with Gasteiger partial charge in [0.25, 0.3) is 11.8 Å². The summed E-state index contributed by atoms with van der Waals surface area (Å²) in [7, 11) is 0. The van der Waals surface area contributed by atoms with Crippen molar-refractivity contribution in [2.75, 3.05) is 11.9 Å². The molecule has 4 rings (SSSR count). The van der Waals surface area contributed by atoms with Gasteiger partial charge in [0.2, 0.25) is 11.8 Å². The Morgan fingerprint density at radius 1 is 1.04 bits per heavy atom. The van der Waals surface area contributed by atoms with E-state index in [9.17, 15) is 24.3 Å². The van der Waals surface area contributed by atoms with Crippen LogP contribution in [0.25, 0.3) is 0 Å². The molecule has 3 aliphatic rings. The fourth-order valence-corrected chi connectivity index (χ4v) is 4.34. The first-order chi connectivity index (χ1) is 13.5. The molecule has 2 aliphatic heterocycles. The molecule has 0 aromatic heterocycles. The summed E-state index contributed by atoms with van der Waals surface area (Å²) in [6, 6.07) is 4.30. The van der Waals surface area contributed by atoms with Crippen LogP contribution in [0.4, 0.5) is 5.69 Å². The van der Waals surface area contributed by atoms with Gasteiger partial charge >= 0.3 is 0 Å². The van der Waals surface area contributed by atoms with Crippen LogP contribution in [-0.2, 0) is 9.59 Å². The molecular formula is C20H23N3O5. The highest BCUT2D eigenvalue weighted by Gasteiger charge is 2.45. The fourth-order valence-electron chi connectivity index (χ4n) is 4.34. The first kappa shape index (κ1) is 18.6. The number of nitrogens with one attached hydrogen (secondary N) is 2. The largest absolute Gasteiger partial charge is 0.396 e. The molecule has 8 heteroatoms. The number of fused-ring (bicyclic) bond motifs is 1. The first-order valence-corrected chi connectivity index (χ1v) is 9.71. The standard InChI is InChI=1S/C20H23N3O5/c24-10-11-4-6-12(7-5-11)21-14-3-1-2-13-17(14)20(28)23(19(13)27)15-8-9-16(25)22-18(15)26/h1-3,11-12,15,21,24H,4-10H2,(H,22,25,26). The minimum atomic E-state index is -0.960. The molecule has 1 aromatic carbocycles. The van der Waals surface area contributed by atoms with Gasteiger partial charge in [-0.3, -0.25) is 29.4 Å². The van der Waals surface area contributed by atoms with E-state index in [2.05, 4.69) is 10.6 Å². The van der Waals surface area contributed by atoms with E-state index in [-0.39, 0.29) is 31.1 Å². The molecule has 1 aliphatic carbocycles. The topological polar surface area (TPSA) is 116 Å². The third-order valence-electron chi connectivity index (χ3n) is 5.93. The summed E-state index contributed by atoms with van der Waals surface area (Å²) < 4.78 is 0. The van der Waals surface area contributed by atoms with Gasteiger partial charge in [-0.2, -0.15) is 0 Å². The number of anilines is 1. The van der Waals surface area contributed by atoms with Crippen LogP contribution < -0.4 is 10.6 Å². The smallest absolute Gasteiger partial charge is 0.264 e. The van der Waals surface area contributed by atoms with Crippen molar-refractivity contribution >= 4 is 29.3 Å². The van der Waals surface area contributed by atoms with Crippen molar-refractivity contribution in [3.05, 3.63) is 29.3 Å². The number of aliphatic hydroxyl groups is 1. The van der Waals surface area contributed by atoms with Gasteiger partial charge < -0.3 is 10.4 Å². The van der Waals surface area contributed by atoms with Crippen LogP contribution in [0, 0.1) is 5.92 Å². The van der Waals surface area contributed by atoms with Gasteiger partial charge in [0, 0.05) is 24.8 Å². The number of aliphatic hydroxyl groups excluding tert-OH is 1. The van der Waals surface area contributed by atoms with E-state index in [4.69, 9.17) is 0 Å². The zero-order valence-electron chi connectivity index (χ0n) is 15.4. The molecule has 1 saturated heterocycles. The highest BCUT2D eigenvalue weighted by Crippen LogP contribution is 2.34. The summed E-state index contributed by atoms with van der Waals surface area (Å²) >= 11 is 0. The number of carbonyl (C=O) groups is 4. The number of carbonyl (C=O) groups excluding carboxylic acids is 4. The van der Waals surface area contributed by atoms with Crippen molar-refractivity contribution in [1.29, 1.82) is 0 Å². The lowest BCUT2D eigenvalue weighted by molar-refractivity contribution is -0.136. The molecule has 1 saturated carbocycles. The molecule has 0 bridgehead atoms. The maximum Gasteiger partial charge on any atom is 0.264 e. The van der Waals surface area contributed by atoms with Gasteiger partial charge in [-0.25, -0.2) is 0 Å². The SMILES string of the molecule is O=C1CCC(N2C(=O)c3cccc(NC4CCC(CO)CC4)c3C2=O)C(=O)N1. The van der Waals surface area contributed by atoms with Gasteiger partial charge in [-0.15, -0.1) is 0 Å². The average molecular weight is 385 g/mol. The predicted molar refractivity (Wildman–Crippen MR) is 99.6 cm³/mol. The van der Waals surface area contributed by atoms with E-state index in [1.165, 1.54) is 0 Å². The molecule has 1 atom stereocenters.